The molecule has 2 N–H and O–H groups in total. The SMILES string of the molecule is CC1CCN(C(O)C(O)C(C)(C)c2ccccc2-c2ccccc2)CC1. The molecule has 2 unspecified atom stereocenters. The highest BCUT2D eigenvalue weighted by Gasteiger charge is 2.39. The van der Waals surface area contributed by atoms with Crippen LogP contribution in [-0.4, -0.2) is 40.5 Å². The molecule has 2 aromatic carbocycles. The van der Waals surface area contributed by atoms with Gasteiger partial charge in [0.25, 0.3) is 0 Å². The highest BCUT2D eigenvalue weighted by Crippen LogP contribution is 2.37. The summed E-state index contributed by atoms with van der Waals surface area (Å²) in [5.41, 5.74) is 2.72. The van der Waals surface area contributed by atoms with Gasteiger partial charge in [0.1, 0.15) is 12.3 Å². The van der Waals surface area contributed by atoms with E-state index >= 15 is 0 Å². The Labute approximate surface area is 157 Å². The quantitative estimate of drug-likeness (QED) is 0.852. The van der Waals surface area contributed by atoms with Gasteiger partial charge in [-0.15, -0.1) is 0 Å². The van der Waals surface area contributed by atoms with Gasteiger partial charge in [-0.1, -0.05) is 75.4 Å². The van der Waals surface area contributed by atoms with Gasteiger partial charge in [0.05, 0.1) is 0 Å². The van der Waals surface area contributed by atoms with Crippen LogP contribution in [0.2, 0.25) is 0 Å². The van der Waals surface area contributed by atoms with Crippen LogP contribution in [0.5, 0.6) is 0 Å². The maximum Gasteiger partial charge on any atom is 0.134 e. The van der Waals surface area contributed by atoms with Crippen LogP contribution < -0.4 is 0 Å². The summed E-state index contributed by atoms with van der Waals surface area (Å²) in [6.07, 6.45) is 0.442. The molecule has 3 heteroatoms. The molecule has 0 bridgehead atoms. The van der Waals surface area contributed by atoms with Crippen LogP contribution in [0.1, 0.15) is 39.2 Å². The van der Waals surface area contributed by atoms with Gasteiger partial charge in [-0.05, 0) is 35.4 Å². The van der Waals surface area contributed by atoms with Gasteiger partial charge in [0.15, 0.2) is 0 Å². The van der Waals surface area contributed by atoms with Crippen LogP contribution in [0.15, 0.2) is 54.6 Å². The molecule has 0 aromatic heterocycles. The lowest BCUT2D eigenvalue weighted by molar-refractivity contribution is -0.116. The second kappa shape index (κ2) is 7.91. The Morgan fingerprint density at radius 3 is 2.15 bits per heavy atom. The van der Waals surface area contributed by atoms with Gasteiger partial charge >= 0.3 is 0 Å². The first-order valence-electron chi connectivity index (χ1n) is 9.66. The van der Waals surface area contributed by atoms with Gasteiger partial charge in [0, 0.05) is 18.5 Å². The second-order valence-electron chi connectivity index (χ2n) is 8.21. The fourth-order valence-corrected chi connectivity index (χ4v) is 3.94. The van der Waals surface area contributed by atoms with E-state index in [1.165, 1.54) is 0 Å². The fourth-order valence-electron chi connectivity index (χ4n) is 3.94. The van der Waals surface area contributed by atoms with E-state index in [2.05, 4.69) is 31.2 Å². The minimum absolute atomic E-state index is 0.574. The molecule has 1 aliphatic rings. The molecule has 0 spiro atoms. The average molecular weight is 354 g/mol. The summed E-state index contributed by atoms with van der Waals surface area (Å²) in [5.74, 6) is 0.697. The molecule has 3 nitrogen and oxygen atoms in total. The molecule has 1 saturated heterocycles. The Balaban J connectivity index is 1.88. The number of hydrogen-bond donors (Lipinski definition) is 2. The van der Waals surface area contributed by atoms with Gasteiger partial charge in [0.2, 0.25) is 0 Å². The maximum atomic E-state index is 11.1. The Kier molecular flexibility index (Phi) is 5.81. The molecule has 140 valence electrons. The van der Waals surface area contributed by atoms with Crippen molar-refractivity contribution >= 4 is 0 Å². The fraction of sp³-hybridized carbons (Fsp3) is 0.478. The molecule has 0 saturated carbocycles. The van der Waals surface area contributed by atoms with E-state index < -0.39 is 17.7 Å². The minimum Gasteiger partial charge on any atom is -0.388 e. The van der Waals surface area contributed by atoms with E-state index in [0.717, 1.165) is 42.6 Å². The predicted molar refractivity (Wildman–Crippen MR) is 107 cm³/mol. The van der Waals surface area contributed by atoms with Gasteiger partial charge in [-0.3, -0.25) is 4.90 Å². The number of hydrogen-bond acceptors (Lipinski definition) is 3. The molecule has 0 aliphatic carbocycles. The van der Waals surface area contributed by atoms with Crippen LogP contribution in [0, 0.1) is 5.92 Å². The summed E-state index contributed by atoms with van der Waals surface area (Å²) in [7, 11) is 0. The van der Waals surface area contributed by atoms with E-state index in [1.54, 1.807) is 0 Å². The summed E-state index contributed by atoms with van der Waals surface area (Å²) in [6, 6.07) is 18.4. The van der Waals surface area contributed by atoms with Crippen LogP contribution in [0.3, 0.4) is 0 Å². The molecule has 2 atom stereocenters. The highest BCUT2D eigenvalue weighted by atomic mass is 16.3. The van der Waals surface area contributed by atoms with E-state index in [1.807, 2.05) is 49.1 Å². The largest absolute Gasteiger partial charge is 0.388 e. The van der Waals surface area contributed by atoms with Crippen molar-refractivity contribution in [2.45, 2.75) is 51.4 Å². The standard InChI is InChI=1S/C23H31NO2/c1-17-13-15-24(16-14-17)22(26)21(25)23(2,3)20-12-8-7-11-19(20)18-9-5-4-6-10-18/h4-12,17,21-22,25-26H,13-16H2,1-3H3. The third-order valence-electron chi connectivity index (χ3n) is 5.92. The van der Waals surface area contributed by atoms with Crippen LogP contribution in [0.4, 0.5) is 0 Å². The van der Waals surface area contributed by atoms with Crippen molar-refractivity contribution < 1.29 is 10.2 Å². The molecular formula is C23H31NO2. The summed E-state index contributed by atoms with van der Waals surface area (Å²) in [5, 5.41) is 22.0. The second-order valence-corrected chi connectivity index (χ2v) is 8.21. The van der Waals surface area contributed by atoms with Crippen molar-refractivity contribution in [2.24, 2.45) is 5.92 Å². The van der Waals surface area contributed by atoms with Crippen molar-refractivity contribution in [1.29, 1.82) is 0 Å². The molecule has 2 aromatic rings. The molecule has 1 heterocycles. The Bertz CT molecular complexity index is 705. The minimum atomic E-state index is -0.860. The highest BCUT2D eigenvalue weighted by molar-refractivity contribution is 5.68. The molecule has 1 aliphatic heterocycles. The summed E-state index contributed by atoms with van der Waals surface area (Å²) in [6.45, 7) is 7.98. The van der Waals surface area contributed by atoms with E-state index in [9.17, 15) is 10.2 Å². The molecule has 1 fully saturated rings. The first kappa shape index (κ1) is 19.1. The van der Waals surface area contributed by atoms with Crippen molar-refractivity contribution in [3.05, 3.63) is 60.2 Å². The zero-order chi connectivity index (χ0) is 18.7. The van der Waals surface area contributed by atoms with Crippen LogP contribution in [0.25, 0.3) is 11.1 Å². The summed E-state index contributed by atoms with van der Waals surface area (Å²) < 4.78 is 0. The van der Waals surface area contributed by atoms with Crippen LogP contribution in [-0.2, 0) is 5.41 Å². The Morgan fingerprint density at radius 2 is 1.50 bits per heavy atom. The first-order valence-corrected chi connectivity index (χ1v) is 9.66. The third-order valence-corrected chi connectivity index (χ3v) is 5.92. The number of aliphatic hydroxyl groups excluding tert-OH is 2. The number of rotatable bonds is 5. The molecule has 3 rings (SSSR count). The van der Waals surface area contributed by atoms with Gasteiger partial charge < -0.3 is 10.2 Å². The Hall–Kier alpha value is -1.68. The average Bonchev–Trinajstić information content (AvgIpc) is 2.68. The lowest BCUT2D eigenvalue weighted by Crippen LogP contribution is -2.53. The molecule has 0 amide bonds. The summed E-state index contributed by atoms with van der Waals surface area (Å²) >= 11 is 0. The predicted octanol–water partition coefficient (Wildman–Crippen LogP) is 4.04. The summed E-state index contributed by atoms with van der Waals surface area (Å²) in [4.78, 5) is 2.03. The lowest BCUT2D eigenvalue weighted by atomic mass is 9.75. The third kappa shape index (κ3) is 3.85. The number of benzene rings is 2. The lowest BCUT2D eigenvalue weighted by Gasteiger charge is -2.42. The van der Waals surface area contributed by atoms with E-state index in [-0.39, 0.29) is 0 Å². The van der Waals surface area contributed by atoms with Crippen molar-refractivity contribution in [2.75, 3.05) is 13.1 Å². The van der Waals surface area contributed by atoms with E-state index in [4.69, 9.17) is 0 Å². The maximum absolute atomic E-state index is 11.1. The first-order chi connectivity index (χ1) is 12.4. The normalized spacial score (nSPS) is 19.3. The molecule has 0 radical (unpaired) electrons. The molecular weight excluding hydrogens is 322 g/mol. The topological polar surface area (TPSA) is 43.7 Å². The number of piperidine rings is 1. The smallest absolute Gasteiger partial charge is 0.134 e. The zero-order valence-corrected chi connectivity index (χ0v) is 16.1. The van der Waals surface area contributed by atoms with Crippen molar-refractivity contribution in [3.8, 4) is 11.1 Å². The monoisotopic (exact) mass is 353 g/mol. The van der Waals surface area contributed by atoms with Gasteiger partial charge in [-0.25, -0.2) is 0 Å². The number of likely N-dealkylation sites (tertiary alicyclic amines) is 1. The Morgan fingerprint density at radius 1 is 0.923 bits per heavy atom. The van der Waals surface area contributed by atoms with Crippen molar-refractivity contribution in [3.63, 3.8) is 0 Å². The molecule has 26 heavy (non-hydrogen) atoms. The number of nitrogens with zero attached hydrogens (tertiary/aromatic N) is 1. The van der Waals surface area contributed by atoms with Gasteiger partial charge in [-0.2, -0.15) is 0 Å². The van der Waals surface area contributed by atoms with Crippen molar-refractivity contribution in [1.82, 2.24) is 4.90 Å². The van der Waals surface area contributed by atoms with Crippen LogP contribution >= 0.6 is 0 Å². The van der Waals surface area contributed by atoms with E-state index in [0.29, 0.717) is 5.92 Å². The number of aliphatic hydroxyl groups is 2. The zero-order valence-electron chi connectivity index (χ0n) is 16.1.